The van der Waals surface area contributed by atoms with E-state index in [1.807, 2.05) is 0 Å². The first kappa shape index (κ1) is 32.1. The molecule has 0 bridgehead atoms. The first-order valence-corrected chi connectivity index (χ1v) is 11.7. The van der Waals surface area contributed by atoms with Crippen LogP contribution in [0.25, 0.3) is 0 Å². The van der Waals surface area contributed by atoms with Gasteiger partial charge in [-0.05, 0) is 75.2 Å². The summed E-state index contributed by atoms with van der Waals surface area (Å²) in [5.41, 5.74) is -2.26. The van der Waals surface area contributed by atoms with Crippen molar-refractivity contribution in [2.45, 2.75) is 117 Å². The highest BCUT2D eigenvalue weighted by Crippen LogP contribution is 2.13. The summed E-state index contributed by atoms with van der Waals surface area (Å²) in [5.74, 6) is -2.36. The normalized spacial score (nSPS) is 13.7. The van der Waals surface area contributed by atoms with Crippen molar-refractivity contribution < 1.29 is 38.2 Å². The van der Waals surface area contributed by atoms with Crippen molar-refractivity contribution >= 4 is 29.8 Å². The summed E-state index contributed by atoms with van der Waals surface area (Å²) in [6.07, 6.45) is -0.787. The number of rotatable bonds is 10. The number of amides is 3. The van der Waals surface area contributed by atoms with Crippen molar-refractivity contribution in [2.75, 3.05) is 6.54 Å². The zero-order chi connectivity index (χ0) is 27.6. The minimum absolute atomic E-state index is 0.0735. The Morgan fingerprint density at radius 2 is 1.23 bits per heavy atom. The Kier molecular flexibility index (Phi) is 12.2. The lowest BCUT2D eigenvalue weighted by atomic mass is 10.1. The molecule has 202 valence electrons. The Bertz CT molecular complexity index is 760. The van der Waals surface area contributed by atoms with E-state index in [0.717, 1.165) is 0 Å². The van der Waals surface area contributed by atoms with E-state index in [2.05, 4.69) is 16.0 Å². The molecule has 3 N–H and O–H groups in total. The number of hydrogen-bond acceptors (Lipinski definition) is 8. The van der Waals surface area contributed by atoms with Crippen LogP contribution >= 0.6 is 0 Å². The maximum absolute atomic E-state index is 12.6. The molecule has 0 aliphatic rings. The molecule has 0 spiro atoms. The summed E-state index contributed by atoms with van der Waals surface area (Å²) in [4.78, 5) is 61.4. The number of alkyl carbamates (subject to hydrolysis) is 1. The van der Waals surface area contributed by atoms with Crippen LogP contribution in [0.15, 0.2) is 0 Å². The van der Waals surface area contributed by atoms with Crippen molar-refractivity contribution in [2.24, 2.45) is 0 Å². The van der Waals surface area contributed by atoms with Gasteiger partial charge < -0.3 is 30.2 Å². The van der Waals surface area contributed by atoms with E-state index in [-0.39, 0.29) is 25.8 Å². The van der Waals surface area contributed by atoms with Crippen LogP contribution in [0.4, 0.5) is 4.79 Å². The lowest BCUT2D eigenvalue weighted by molar-refractivity contribution is -0.157. The monoisotopic (exact) mass is 501 g/mol. The molecule has 0 saturated carbocycles. The highest BCUT2D eigenvalue weighted by Gasteiger charge is 2.30. The number of ether oxygens (including phenoxy) is 3. The molecule has 0 fully saturated rings. The molecule has 11 nitrogen and oxygen atoms in total. The second kappa shape index (κ2) is 13.3. The molecule has 0 aromatic carbocycles. The second-order valence-corrected chi connectivity index (χ2v) is 11.1. The van der Waals surface area contributed by atoms with Gasteiger partial charge in [-0.2, -0.15) is 0 Å². The maximum atomic E-state index is 12.6. The van der Waals surface area contributed by atoms with Crippen LogP contribution in [0, 0.1) is 0 Å². The quantitative estimate of drug-likeness (QED) is 0.305. The van der Waals surface area contributed by atoms with Crippen molar-refractivity contribution in [3.8, 4) is 0 Å². The molecule has 0 rings (SSSR count). The Hall–Kier alpha value is -2.85. The van der Waals surface area contributed by atoms with Gasteiger partial charge in [0.05, 0.1) is 0 Å². The minimum atomic E-state index is -1.13. The average Bonchev–Trinajstić information content (AvgIpc) is 2.63. The van der Waals surface area contributed by atoms with E-state index >= 15 is 0 Å². The van der Waals surface area contributed by atoms with Gasteiger partial charge in [-0.3, -0.25) is 14.4 Å². The third kappa shape index (κ3) is 16.4. The fraction of sp³-hybridized carbons (Fsp3) is 0.792. The fourth-order valence-corrected chi connectivity index (χ4v) is 2.63. The molecule has 11 heteroatoms. The van der Waals surface area contributed by atoms with E-state index in [1.54, 1.807) is 69.2 Å². The molecule has 0 aliphatic carbocycles. The molecular formula is C24H43N3O8. The maximum Gasteiger partial charge on any atom is 0.408 e. The second-order valence-electron chi connectivity index (χ2n) is 11.1. The third-order valence-corrected chi connectivity index (χ3v) is 3.93. The van der Waals surface area contributed by atoms with Gasteiger partial charge in [0, 0.05) is 6.42 Å². The molecule has 35 heavy (non-hydrogen) atoms. The molecule has 2 atom stereocenters. The van der Waals surface area contributed by atoms with Gasteiger partial charge in [-0.1, -0.05) is 6.92 Å². The molecule has 0 aromatic heterocycles. The first-order chi connectivity index (χ1) is 15.7. The molecule has 0 aromatic rings. The van der Waals surface area contributed by atoms with Gasteiger partial charge in [0.15, 0.2) is 0 Å². The minimum Gasteiger partial charge on any atom is -0.459 e. The van der Waals surface area contributed by atoms with Crippen LogP contribution in [0.3, 0.4) is 0 Å². The molecule has 0 radical (unpaired) electrons. The summed E-state index contributed by atoms with van der Waals surface area (Å²) in [6.45, 7) is 16.6. The standard InChI is InChI=1S/C24H43N3O8/c1-11-15(19(30)25-14-18(29)33-22(2,3)4)26-17(28)13-12-16(20(31)34-23(5,6)7)27-21(32)35-24(8,9)10/h15-16H,11-14H2,1-10H3,(H,25,30)(H,26,28)(H,27,32). The predicted octanol–water partition coefficient (Wildman–Crippen LogP) is 2.35. The van der Waals surface area contributed by atoms with Gasteiger partial charge in [-0.15, -0.1) is 0 Å². The van der Waals surface area contributed by atoms with E-state index in [0.29, 0.717) is 0 Å². The molecule has 0 saturated heterocycles. The number of hydrogen-bond donors (Lipinski definition) is 3. The molecular weight excluding hydrogens is 458 g/mol. The number of nitrogens with one attached hydrogen (secondary N) is 3. The van der Waals surface area contributed by atoms with E-state index in [9.17, 15) is 24.0 Å². The number of esters is 2. The topological polar surface area (TPSA) is 149 Å². The van der Waals surface area contributed by atoms with Gasteiger partial charge in [0.1, 0.15) is 35.4 Å². The SMILES string of the molecule is CCC(NC(=O)CCC(NC(=O)OC(C)(C)C)C(=O)OC(C)(C)C)C(=O)NCC(=O)OC(C)(C)C. The molecule has 3 amide bonds. The summed E-state index contributed by atoms with van der Waals surface area (Å²) in [6, 6.07) is -2.01. The lowest BCUT2D eigenvalue weighted by Crippen LogP contribution is -2.49. The van der Waals surface area contributed by atoms with Crippen LogP contribution in [0.5, 0.6) is 0 Å². The number of carbonyl (C=O) groups excluding carboxylic acids is 5. The van der Waals surface area contributed by atoms with Crippen LogP contribution < -0.4 is 16.0 Å². The van der Waals surface area contributed by atoms with Crippen LogP contribution in [0.1, 0.15) is 88.5 Å². The van der Waals surface area contributed by atoms with Crippen molar-refractivity contribution in [1.29, 1.82) is 0 Å². The Morgan fingerprint density at radius 1 is 0.714 bits per heavy atom. The first-order valence-electron chi connectivity index (χ1n) is 11.7. The average molecular weight is 502 g/mol. The van der Waals surface area contributed by atoms with Gasteiger partial charge in [0.25, 0.3) is 0 Å². The van der Waals surface area contributed by atoms with E-state index < -0.39 is 58.7 Å². The lowest BCUT2D eigenvalue weighted by Gasteiger charge is -2.26. The van der Waals surface area contributed by atoms with Gasteiger partial charge >= 0.3 is 18.0 Å². The Balaban J connectivity index is 5.02. The highest BCUT2D eigenvalue weighted by atomic mass is 16.6. The highest BCUT2D eigenvalue weighted by molar-refractivity contribution is 5.90. The van der Waals surface area contributed by atoms with Crippen LogP contribution in [-0.4, -0.2) is 65.3 Å². The summed E-state index contributed by atoms with van der Waals surface area (Å²) in [7, 11) is 0. The zero-order valence-corrected chi connectivity index (χ0v) is 22.7. The third-order valence-electron chi connectivity index (χ3n) is 3.93. The van der Waals surface area contributed by atoms with Crippen molar-refractivity contribution in [1.82, 2.24) is 16.0 Å². The zero-order valence-electron chi connectivity index (χ0n) is 22.7. The summed E-state index contributed by atoms with van der Waals surface area (Å²) < 4.78 is 15.7. The van der Waals surface area contributed by atoms with Gasteiger partial charge in [-0.25, -0.2) is 9.59 Å². The largest absolute Gasteiger partial charge is 0.459 e. The number of carbonyl (C=O) groups is 5. The van der Waals surface area contributed by atoms with Crippen LogP contribution in [0.2, 0.25) is 0 Å². The van der Waals surface area contributed by atoms with E-state index in [1.165, 1.54) is 0 Å². The van der Waals surface area contributed by atoms with Crippen LogP contribution in [-0.2, 0) is 33.4 Å². The van der Waals surface area contributed by atoms with Crippen molar-refractivity contribution in [3.05, 3.63) is 0 Å². The summed E-state index contributed by atoms with van der Waals surface area (Å²) in [5, 5.41) is 7.46. The smallest absolute Gasteiger partial charge is 0.408 e. The molecule has 0 aliphatic heterocycles. The van der Waals surface area contributed by atoms with Crippen molar-refractivity contribution in [3.63, 3.8) is 0 Å². The fourth-order valence-electron chi connectivity index (χ4n) is 2.63. The molecule has 2 unspecified atom stereocenters. The molecule has 0 heterocycles. The van der Waals surface area contributed by atoms with E-state index in [4.69, 9.17) is 14.2 Å². The van der Waals surface area contributed by atoms with Gasteiger partial charge in [0.2, 0.25) is 11.8 Å². The summed E-state index contributed by atoms with van der Waals surface area (Å²) >= 11 is 0. The Morgan fingerprint density at radius 3 is 1.69 bits per heavy atom. The predicted molar refractivity (Wildman–Crippen MR) is 129 cm³/mol. The Labute approximate surface area is 208 Å².